The zero-order valence-corrected chi connectivity index (χ0v) is 12.8. The van der Waals surface area contributed by atoms with Crippen molar-refractivity contribution in [3.8, 4) is 0 Å². The maximum atomic E-state index is 6.21. The van der Waals surface area contributed by atoms with Gasteiger partial charge in [-0.05, 0) is 29.2 Å². The molecule has 0 saturated carbocycles. The standard InChI is InChI=1S/C8H5Cl2IN2S2/c1-4-3-12-8-5(7(4)9)2-6(14-10)13(8)15-11/h2-3H,1H3. The smallest absolute Gasteiger partial charge is 0.153 e. The van der Waals surface area contributed by atoms with Crippen molar-refractivity contribution >= 4 is 74.6 Å². The third kappa shape index (κ3) is 2.09. The molecular formula is C8H5Cl2IN2S2. The average Bonchev–Trinajstić information content (AvgIpc) is 2.61. The quantitative estimate of drug-likeness (QED) is 0.665. The summed E-state index contributed by atoms with van der Waals surface area (Å²) in [5.41, 5.74) is 1.83. The highest BCUT2D eigenvalue weighted by molar-refractivity contribution is 14.2. The van der Waals surface area contributed by atoms with Crippen LogP contribution in [0.15, 0.2) is 17.3 Å². The van der Waals surface area contributed by atoms with Crippen LogP contribution in [0, 0.1) is 6.92 Å². The molecule has 2 nitrogen and oxygen atoms in total. The summed E-state index contributed by atoms with van der Waals surface area (Å²) in [6.07, 6.45) is 1.77. The fraction of sp³-hybridized carbons (Fsp3) is 0.125. The van der Waals surface area contributed by atoms with Crippen molar-refractivity contribution in [2.75, 3.05) is 0 Å². The zero-order chi connectivity index (χ0) is 11.0. The minimum absolute atomic E-state index is 0.746. The zero-order valence-electron chi connectivity index (χ0n) is 7.50. The van der Waals surface area contributed by atoms with Gasteiger partial charge in [-0.15, -0.1) is 0 Å². The van der Waals surface area contributed by atoms with Gasteiger partial charge in [0.25, 0.3) is 0 Å². The van der Waals surface area contributed by atoms with Gasteiger partial charge in [0.05, 0.1) is 5.02 Å². The van der Waals surface area contributed by atoms with Crippen LogP contribution < -0.4 is 0 Å². The van der Waals surface area contributed by atoms with Crippen molar-refractivity contribution in [1.82, 2.24) is 8.96 Å². The van der Waals surface area contributed by atoms with Gasteiger partial charge in [0.15, 0.2) is 5.65 Å². The highest BCUT2D eigenvalue weighted by atomic mass is 127. The van der Waals surface area contributed by atoms with E-state index in [2.05, 4.69) is 26.2 Å². The molecule has 2 aromatic rings. The van der Waals surface area contributed by atoms with E-state index in [1.807, 2.05) is 17.0 Å². The number of halogens is 3. The Balaban J connectivity index is 2.82. The molecule has 0 saturated heterocycles. The highest BCUT2D eigenvalue weighted by Gasteiger charge is 2.13. The maximum Gasteiger partial charge on any atom is 0.153 e. The first kappa shape index (κ1) is 12.2. The molecule has 0 aliphatic heterocycles. The van der Waals surface area contributed by atoms with E-state index in [9.17, 15) is 0 Å². The number of nitrogens with zero attached hydrogens (tertiary/aromatic N) is 2. The average molecular weight is 391 g/mol. The topological polar surface area (TPSA) is 17.8 Å². The summed E-state index contributed by atoms with van der Waals surface area (Å²) < 4.78 is 1.96. The van der Waals surface area contributed by atoms with Crippen molar-refractivity contribution in [1.29, 1.82) is 0 Å². The van der Waals surface area contributed by atoms with Crippen LogP contribution in [0.3, 0.4) is 0 Å². The molecule has 0 amide bonds. The summed E-state index contributed by atoms with van der Waals surface area (Å²) in [5.74, 6) is 0. The number of rotatable bonds is 2. The van der Waals surface area contributed by atoms with Gasteiger partial charge in [-0.3, -0.25) is 3.97 Å². The van der Waals surface area contributed by atoms with E-state index >= 15 is 0 Å². The largest absolute Gasteiger partial charge is 0.251 e. The molecule has 0 fully saturated rings. The van der Waals surface area contributed by atoms with Gasteiger partial charge >= 0.3 is 0 Å². The molecule has 0 N–H and O–H groups in total. The van der Waals surface area contributed by atoms with E-state index in [4.69, 9.17) is 22.3 Å². The summed E-state index contributed by atoms with van der Waals surface area (Å²) in [4.78, 5) is 4.36. The molecule has 0 atom stereocenters. The Bertz CT molecular complexity index is 515. The van der Waals surface area contributed by atoms with Gasteiger partial charge in [0, 0.05) is 52.9 Å². The number of aromatic nitrogens is 2. The third-order valence-electron chi connectivity index (χ3n) is 2.01. The molecule has 0 aliphatic rings. The van der Waals surface area contributed by atoms with Crippen LogP contribution in [0.4, 0.5) is 0 Å². The Kier molecular flexibility index (Phi) is 3.98. The van der Waals surface area contributed by atoms with Crippen LogP contribution in [-0.2, 0) is 0 Å². The van der Waals surface area contributed by atoms with Crippen LogP contribution in [0.2, 0.25) is 5.02 Å². The van der Waals surface area contributed by atoms with Gasteiger partial charge in [0.2, 0.25) is 0 Å². The molecule has 80 valence electrons. The fourth-order valence-electron chi connectivity index (χ4n) is 1.29. The van der Waals surface area contributed by atoms with E-state index in [1.165, 1.54) is 20.1 Å². The first-order chi connectivity index (χ1) is 7.19. The molecule has 2 rings (SSSR count). The van der Waals surface area contributed by atoms with E-state index in [-0.39, 0.29) is 0 Å². The lowest BCUT2D eigenvalue weighted by atomic mass is 10.2. The molecule has 0 aromatic carbocycles. The Labute approximate surface area is 117 Å². The fourth-order valence-corrected chi connectivity index (χ4v) is 4.41. The predicted molar refractivity (Wildman–Crippen MR) is 78.2 cm³/mol. The van der Waals surface area contributed by atoms with Crippen molar-refractivity contribution in [3.05, 3.63) is 22.8 Å². The van der Waals surface area contributed by atoms with Crippen molar-refractivity contribution in [3.63, 3.8) is 0 Å². The van der Waals surface area contributed by atoms with Crippen molar-refractivity contribution < 1.29 is 0 Å². The maximum absolute atomic E-state index is 6.21. The minimum Gasteiger partial charge on any atom is -0.251 e. The third-order valence-corrected chi connectivity index (χ3v) is 5.25. The summed E-state index contributed by atoms with van der Waals surface area (Å²) in [7, 11) is 8.48. The number of hydrogen-bond donors (Lipinski definition) is 0. The monoisotopic (exact) mass is 390 g/mol. The molecule has 7 heteroatoms. The summed E-state index contributed by atoms with van der Waals surface area (Å²) in [5, 5.41) is 2.63. The van der Waals surface area contributed by atoms with Crippen molar-refractivity contribution in [2.45, 2.75) is 11.9 Å². The SMILES string of the molecule is Cc1cnc2c(cc(SCl)n2SI)c1Cl. The second-order valence-electron chi connectivity index (χ2n) is 2.92. The Morgan fingerprint density at radius 3 is 2.87 bits per heavy atom. The molecule has 15 heavy (non-hydrogen) atoms. The Morgan fingerprint density at radius 2 is 2.27 bits per heavy atom. The highest BCUT2D eigenvalue weighted by Crippen LogP contribution is 2.37. The molecule has 2 aromatic heterocycles. The van der Waals surface area contributed by atoms with Crippen LogP contribution >= 0.6 is 63.6 Å². The van der Waals surface area contributed by atoms with Crippen LogP contribution in [-0.4, -0.2) is 8.96 Å². The van der Waals surface area contributed by atoms with Crippen molar-refractivity contribution in [2.24, 2.45) is 0 Å². The normalized spacial score (nSPS) is 11.2. The molecule has 2 heterocycles. The second kappa shape index (κ2) is 4.91. The lowest BCUT2D eigenvalue weighted by Gasteiger charge is -2.01. The van der Waals surface area contributed by atoms with Gasteiger partial charge in [-0.2, -0.15) is 0 Å². The lowest BCUT2D eigenvalue weighted by Crippen LogP contribution is -1.87. The Morgan fingerprint density at radius 1 is 1.53 bits per heavy atom. The van der Waals surface area contributed by atoms with E-state index in [0.29, 0.717) is 0 Å². The molecule has 0 radical (unpaired) electrons. The molecule has 0 bridgehead atoms. The van der Waals surface area contributed by atoms with Crippen LogP contribution in [0.25, 0.3) is 11.0 Å². The number of fused-ring (bicyclic) bond motifs is 1. The summed E-state index contributed by atoms with van der Waals surface area (Å²) in [6, 6.07) is 1.96. The van der Waals surface area contributed by atoms with E-state index in [0.717, 1.165) is 26.6 Å². The van der Waals surface area contributed by atoms with E-state index in [1.54, 1.807) is 6.20 Å². The van der Waals surface area contributed by atoms with Gasteiger partial charge in [-0.25, -0.2) is 4.98 Å². The first-order valence-electron chi connectivity index (χ1n) is 3.93. The molecule has 0 aliphatic carbocycles. The van der Waals surface area contributed by atoms with Gasteiger partial charge in [0.1, 0.15) is 5.03 Å². The predicted octanol–water partition coefficient (Wildman–Crippen LogP) is 5.09. The number of hydrogen-bond acceptors (Lipinski definition) is 3. The van der Waals surface area contributed by atoms with Gasteiger partial charge < -0.3 is 0 Å². The summed E-state index contributed by atoms with van der Waals surface area (Å²) in [6.45, 7) is 1.94. The second-order valence-corrected chi connectivity index (χ2v) is 6.01. The van der Waals surface area contributed by atoms with Crippen LogP contribution in [0.5, 0.6) is 0 Å². The first-order valence-corrected chi connectivity index (χ1v) is 9.27. The van der Waals surface area contributed by atoms with Gasteiger partial charge in [-0.1, -0.05) is 11.6 Å². The Hall–Kier alpha value is 0.700. The summed E-state index contributed by atoms with van der Waals surface area (Å²) >= 11 is 8.40. The van der Waals surface area contributed by atoms with E-state index < -0.39 is 0 Å². The number of pyridine rings is 1. The molecule has 0 spiro atoms. The van der Waals surface area contributed by atoms with Crippen LogP contribution in [0.1, 0.15) is 5.56 Å². The molecule has 0 unspecified atom stereocenters. The lowest BCUT2D eigenvalue weighted by molar-refractivity contribution is 1.13. The molecular weight excluding hydrogens is 386 g/mol. The minimum atomic E-state index is 0.746. The number of aryl methyl sites for hydroxylation is 1.